The molecule has 0 aromatic carbocycles. The molecule has 21 heavy (non-hydrogen) atoms. The molecule has 0 saturated carbocycles. The van der Waals surface area contributed by atoms with Crippen LogP contribution in [0, 0.1) is 0 Å². The first-order valence-electron chi connectivity index (χ1n) is 7.11. The SMILES string of the molecule is CCNc1cc(Cn2ncc(N(C)CC)cc2=O)ccn1. The first-order valence-corrected chi connectivity index (χ1v) is 7.11. The molecule has 0 fully saturated rings. The Labute approximate surface area is 124 Å². The summed E-state index contributed by atoms with van der Waals surface area (Å²) in [5, 5.41) is 7.39. The summed E-state index contributed by atoms with van der Waals surface area (Å²) in [5.41, 5.74) is 1.73. The third-order valence-electron chi connectivity index (χ3n) is 3.28. The second kappa shape index (κ2) is 6.88. The third-order valence-corrected chi connectivity index (χ3v) is 3.28. The molecule has 0 atom stereocenters. The Morgan fingerprint density at radius 1 is 1.33 bits per heavy atom. The Bertz CT molecular complexity index is 653. The molecule has 2 rings (SSSR count). The number of anilines is 2. The number of nitrogens with one attached hydrogen (secondary N) is 1. The van der Waals surface area contributed by atoms with Gasteiger partial charge in [0.25, 0.3) is 5.56 Å². The molecule has 0 aliphatic heterocycles. The van der Waals surface area contributed by atoms with E-state index in [0.717, 1.165) is 30.2 Å². The van der Waals surface area contributed by atoms with Gasteiger partial charge in [0, 0.05) is 32.4 Å². The minimum absolute atomic E-state index is 0.102. The lowest BCUT2D eigenvalue weighted by molar-refractivity contribution is 0.637. The molecule has 112 valence electrons. The monoisotopic (exact) mass is 287 g/mol. The average Bonchev–Trinajstić information content (AvgIpc) is 2.49. The molecular weight excluding hydrogens is 266 g/mol. The van der Waals surface area contributed by atoms with Gasteiger partial charge in [-0.3, -0.25) is 4.79 Å². The first kappa shape index (κ1) is 15.0. The Hall–Kier alpha value is -2.37. The highest BCUT2D eigenvalue weighted by Gasteiger charge is 2.05. The van der Waals surface area contributed by atoms with Gasteiger partial charge < -0.3 is 10.2 Å². The zero-order valence-electron chi connectivity index (χ0n) is 12.7. The third kappa shape index (κ3) is 3.81. The van der Waals surface area contributed by atoms with Crippen LogP contribution in [-0.4, -0.2) is 34.9 Å². The fourth-order valence-corrected chi connectivity index (χ4v) is 1.96. The van der Waals surface area contributed by atoms with Crippen LogP contribution in [0.2, 0.25) is 0 Å². The zero-order chi connectivity index (χ0) is 15.2. The molecule has 0 amide bonds. The number of nitrogens with zero attached hydrogens (tertiary/aromatic N) is 4. The minimum atomic E-state index is -0.102. The molecule has 0 aliphatic carbocycles. The fourth-order valence-electron chi connectivity index (χ4n) is 1.96. The van der Waals surface area contributed by atoms with Gasteiger partial charge in [-0.25, -0.2) is 9.67 Å². The van der Waals surface area contributed by atoms with Crippen LogP contribution in [0.5, 0.6) is 0 Å². The molecule has 0 saturated heterocycles. The maximum atomic E-state index is 12.1. The molecule has 2 aromatic rings. The van der Waals surface area contributed by atoms with Crippen LogP contribution in [0.15, 0.2) is 35.4 Å². The van der Waals surface area contributed by atoms with Crippen LogP contribution >= 0.6 is 0 Å². The summed E-state index contributed by atoms with van der Waals surface area (Å²) in [5.74, 6) is 0.811. The van der Waals surface area contributed by atoms with Crippen LogP contribution in [0.3, 0.4) is 0 Å². The second-order valence-corrected chi connectivity index (χ2v) is 4.80. The standard InChI is InChI=1S/C15H21N5O/c1-4-16-14-8-12(6-7-17-14)11-20-15(21)9-13(10-18-20)19(3)5-2/h6-10H,4-5,11H2,1-3H3,(H,16,17). The highest BCUT2D eigenvalue weighted by atomic mass is 16.1. The van der Waals surface area contributed by atoms with Crippen LogP contribution in [0.4, 0.5) is 11.5 Å². The summed E-state index contributed by atoms with van der Waals surface area (Å²) in [7, 11) is 1.94. The molecule has 0 radical (unpaired) electrons. The van der Waals surface area contributed by atoms with Gasteiger partial charge in [0.05, 0.1) is 18.4 Å². The van der Waals surface area contributed by atoms with Gasteiger partial charge >= 0.3 is 0 Å². The van der Waals surface area contributed by atoms with Gasteiger partial charge in [-0.05, 0) is 31.5 Å². The highest BCUT2D eigenvalue weighted by molar-refractivity contribution is 5.41. The van der Waals surface area contributed by atoms with Crippen molar-refractivity contribution in [2.24, 2.45) is 0 Å². The Morgan fingerprint density at radius 2 is 2.14 bits per heavy atom. The summed E-state index contributed by atoms with van der Waals surface area (Å²) in [6.07, 6.45) is 3.45. The molecular formula is C15H21N5O. The molecule has 0 spiro atoms. The van der Waals surface area contributed by atoms with E-state index >= 15 is 0 Å². The van der Waals surface area contributed by atoms with Crippen LogP contribution in [0.25, 0.3) is 0 Å². The van der Waals surface area contributed by atoms with Crippen molar-refractivity contribution in [2.75, 3.05) is 30.4 Å². The lowest BCUT2D eigenvalue weighted by atomic mass is 10.2. The van der Waals surface area contributed by atoms with Gasteiger partial charge in [0.15, 0.2) is 0 Å². The van der Waals surface area contributed by atoms with Crippen molar-refractivity contribution in [2.45, 2.75) is 20.4 Å². The molecule has 0 unspecified atom stereocenters. The van der Waals surface area contributed by atoms with Crippen molar-refractivity contribution in [1.82, 2.24) is 14.8 Å². The van der Waals surface area contributed by atoms with Gasteiger partial charge in [0.1, 0.15) is 5.82 Å². The number of hydrogen-bond donors (Lipinski definition) is 1. The van der Waals surface area contributed by atoms with Crippen molar-refractivity contribution >= 4 is 11.5 Å². The quantitative estimate of drug-likeness (QED) is 0.874. The smallest absolute Gasteiger partial charge is 0.269 e. The topological polar surface area (TPSA) is 63.1 Å². The van der Waals surface area contributed by atoms with Gasteiger partial charge in [0.2, 0.25) is 0 Å². The first-order chi connectivity index (χ1) is 10.1. The van der Waals surface area contributed by atoms with Gasteiger partial charge in [-0.2, -0.15) is 5.10 Å². The summed E-state index contributed by atoms with van der Waals surface area (Å²) < 4.78 is 1.46. The normalized spacial score (nSPS) is 10.4. The number of hydrogen-bond acceptors (Lipinski definition) is 5. The molecule has 1 N–H and O–H groups in total. The van der Waals surface area contributed by atoms with E-state index in [1.165, 1.54) is 4.68 Å². The van der Waals surface area contributed by atoms with E-state index in [9.17, 15) is 4.79 Å². The summed E-state index contributed by atoms with van der Waals surface area (Å²) in [6.45, 7) is 6.14. The Balaban J connectivity index is 2.20. The summed E-state index contributed by atoms with van der Waals surface area (Å²) in [6, 6.07) is 5.44. The number of aromatic nitrogens is 3. The predicted molar refractivity (Wildman–Crippen MR) is 84.9 cm³/mol. The largest absolute Gasteiger partial charge is 0.373 e. The highest BCUT2D eigenvalue weighted by Crippen LogP contribution is 2.09. The van der Waals surface area contributed by atoms with Gasteiger partial charge in [-0.15, -0.1) is 0 Å². The predicted octanol–water partition coefficient (Wildman–Crippen LogP) is 1.57. The van der Waals surface area contributed by atoms with Crippen molar-refractivity contribution in [1.29, 1.82) is 0 Å². The lowest BCUT2D eigenvalue weighted by Crippen LogP contribution is -2.26. The van der Waals surface area contributed by atoms with E-state index in [-0.39, 0.29) is 5.56 Å². The van der Waals surface area contributed by atoms with Crippen LogP contribution in [-0.2, 0) is 6.54 Å². The van der Waals surface area contributed by atoms with Crippen LogP contribution < -0.4 is 15.8 Å². The Kier molecular flexibility index (Phi) is 4.92. The van der Waals surface area contributed by atoms with E-state index in [1.807, 2.05) is 37.9 Å². The summed E-state index contributed by atoms with van der Waals surface area (Å²) >= 11 is 0. The number of rotatable bonds is 6. The minimum Gasteiger partial charge on any atom is -0.373 e. The lowest BCUT2D eigenvalue weighted by Gasteiger charge is -2.16. The average molecular weight is 287 g/mol. The molecule has 2 aromatic heterocycles. The second-order valence-electron chi connectivity index (χ2n) is 4.80. The van der Waals surface area contributed by atoms with E-state index < -0.39 is 0 Å². The van der Waals surface area contributed by atoms with E-state index in [2.05, 4.69) is 15.4 Å². The van der Waals surface area contributed by atoms with Gasteiger partial charge in [-0.1, -0.05) is 0 Å². The zero-order valence-corrected chi connectivity index (χ0v) is 12.7. The molecule has 2 heterocycles. The van der Waals surface area contributed by atoms with E-state index in [0.29, 0.717) is 6.54 Å². The summed E-state index contributed by atoms with van der Waals surface area (Å²) in [4.78, 5) is 18.3. The van der Waals surface area contributed by atoms with Crippen molar-refractivity contribution in [3.63, 3.8) is 0 Å². The van der Waals surface area contributed by atoms with Crippen molar-refractivity contribution < 1.29 is 0 Å². The maximum absolute atomic E-state index is 12.1. The van der Waals surface area contributed by atoms with E-state index in [1.54, 1.807) is 18.5 Å². The molecule has 6 heteroatoms. The van der Waals surface area contributed by atoms with E-state index in [4.69, 9.17) is 0 Å². The molecule has 6 nitrogen and oxygen atoms in total. The Morgan fingerprint density at radius 3 is 2.81 bits per heavy atom. The molecule has 0 bridgehead atoms. The fraction of sp³-hybridized carbons (Fsp3) is 0.400. The van der Waals surface area contributed by atoms with Crippen molar-refractivity contribution in [3.05, 3.63) is 46.5 Å². The number of pyridine rings is 1. The van der Waals surface area contributed by atoms with Crippen molar-refractivity contribution in [3.8, 4) is 0 Å². The molecule has 0 aliphatic rings. The maximum Gasteiger partial charge on any atom is 0.269 e. The van der Waals surface area contributed by atoms with Crippen LogP contribution in [0.1, 0.15) is 19.4 Å².